The monoisotopic (exact) mass is 215 g/mol. The molecule has 4 heteroatoms. The maximum atomic E-state index is 11.2. The first-order valence-corrected chi connectivity index (χ1v) is 5.51. The lowest BCUT2D eigenvalue weighted by Crippen LogP contribution is -2.17. The first-order valence-electron chi connectivity index (χ1n) is 5.51. The summed E-state index contributed by atoms with van der Waals surface area (Å²) in [7, 11) is 1.34. The minimum absolute atomic E-state index is 0.330. The molecule has 1 N–H and O–H groups in total. The molecule has 0 aliphatic rings. The molecule has 0 aliphatic carbocycles. The number of oxime groups is 1. The van der Waals surface area contributed by atoms with Gasteiger partial charge >= 0.3 is 5.97 Å². The van der Waals surface area contributed by atoms with Gasteiger partial charge in [0.1, 0.15) is 0 Å². The minimum atomic E-state index is -0.401. The molecule has 0 aromatic carbocycles. The van der Waals surface area contributed by atoms with E-state index in [0.29, 0.717) is 6.42 Å². The van der Waals surface area contributed by atoms with Crippen LogP contribution in [0.4, 0.5) is 0 Å². The van der Waals surface area contributed by atoms with Crippen LogP contribution in [0.5, 0.6) is 0 Å². The van der Waals surface area contributed by atoms with Gasteiger partial charge in [0.25, 0.3) is 0 Å². The van der Waals surface area contributed by atoms with Crippen molar-refractivity contribution >= 4 is 12.2 Å². The molecule has 0 spiro atoms. The van der Waals surface area contributed by atoms with Gasteiger partial charge in [-0.3, -0.25) is 4.79 Å². The van der Waals surface area contributed by atoms with Crippen LogP contribution in [0.1, 0.15) is 45.4 Å². The molecule has 0 heterocycles. The van der Waals surface area contributed by atoms with Crippen molar-refractivity contribution in [3.8, 4) is 0 Å². The Morgan fingerprint density at radius 1 is 1.40 bits per heavy atom. The van der Waals surface area contributed by atoms with Crippen LogP contribution in [-0.4, -0.2) is 24.5 Å². The Kier molecular flexibility index (Phi) is 8.82. The smallest absolute Gasteiger partial charge is 0.314 e. The fourth-order valence-corrected chi connectivity index (χ4v) is 1.45. The van der Waals surface area contributed by atoms with E-state index in [-0.39, 0.29) is 5.97 Å². The number of methoxy groups -OCH3 is 1. The van der Waals surface area contributed by atoms with E-state index in [0.717, 1.165) is 12.8 Å². The summed E-state index contributed by atoms with van der Waals surface area (Å²) in [6.07, 6.45) is 7.65. The van der Waals surface area contributed by atoms with Crippen molar-refractivity contribution in [3.63, 3.8) is 0 Å². The second-order valence-corrected chi connectivity index (χ2v) is 3.60. The number of ether oxygens (including phenoxy) is 1. The van der Waals surface area contributed by atoms with Crippen molar-refractivity contribution in [2.24, 2.45) is 11.1 Å². The molecule has 1 unspecified atom stereocenters. The highest BCUT2D eigenvalue weighted by Gasteiger charge is 2.16. The summed E-state index contributed by atoms with van der Waals surface area (Å²) in [6.45, 7) is 2.16. The SMILES string of the molecule is CCCCCCCC(/C=N\O)C(=O)OC. The number of nitrogens with zero attached hydrogens (tertiary/aromatic N) is 1. The topological polar surface area (TPSA) is 58.9 Å². The van der Waals surface area contributed by atoms with Crippen LogP contribution < -0.4 is 0 Å². The molecule has 0 aromatic rings. The van der Waals surface area contributed by atoms with E-state index in [1.807, 2.05) is 0 Å². The van der Waals surface area contributed by atoms with Crippen LogP contribution in [-0.2, 0) is 9.53 Å². The summed E-state index contributed by atoms with van der Waals surface area (Å²) in [5, 5.41) is 11.3. The molecule has 88 valence electrons. The number of unbranched alkanes of at least 4 members (excludes halogenated alkanes) is 4. The summed E-state index contributed by atoms with van der Waals surface area (Å²) < 4.78 is 4.60. The third-order valence-electron chi connectivity index (χ3n) is 2.37. The Bertz CT molecular complexity index is 192. The van der Waals surface area contributed by atoms with Crippen LogP contribution >= 0.6 is 0 Å². The van der Waals surface area contributed by atoms with Gasteiger partial charge in [-0.05, 0) is 6.42 Å². The number of esters is 1. The lowest BCUT2D eigenvalue weighted by atomic mass is 10.0. The predicted octanol–water partition coefficient (Wildman–Crippen LogP) is 2.60. The number of rotatable bonds is 8. The fourth-order valence-electron chi connectivity index (χ4n) is 1.45. The zero-order chi connectivity index (χ0) is 11.5. The molecule has 0 saturated heterocycles. The maximum Gasteiger partial charge on any atom is 0.314 e. The Morgan fingerprint density at radius 3 is 2.60 bits per heavy atom. The first-order chi connectivity index (χ1) is 7.26. The van der Waals surface area contributed by atoms with Gasteiger partial charge in [0, 0.05) is 0 Å². The summed E-state index contributed by atoms with van der Waals surface area (Å²) >= 11 is 0. The van der Waals surface area contributed by atoms with Gasteiger partial charge in [-0.15, -0.1) is 5.16 Å². The number of hydrogen-bond donors (Lipinski definition) is 1. The number of hydrogen-bond acceptors (Lipinski definition) is 4. The molecule has 0 radical (unpaired) electrons. The molecular formula is C11H21NO3. The van der Waals surface area contributed by atoms with E-state index >= 15 is 0 Å². The Labute approximate surface area is 91.3 Å². The van der Waals surface area contributed by atoms with Crippen molar-refractivity contribution in [3.05, 3.63) is 0 Å². The maximum absolute atomic E-state index is 11.2. The van der Waals surface area contributed by atoms with Gasteiger partial charge in [0.15, 0.2) is 0 Å². The zero-order valence-corrected chi connectivity index (χ0v) is 9.61. The molecule has 15 heavy (non-hydrogen) atoms. The van der Waals surface area contributed by atoms with Crippen molar-refractivity contribution in [1.29, 1.82) is 0 Å². The summed E-state index contributed by atoms with van der Waals surface area (Å²) in [4.78, 5) is 11.2. The average Bonchev–Trinajstić information content (AvgIpc) is 2.26. The van der Waals surface area contributed by atoms with Crippen LogP contribution in [0.3, 0.4) is 0 Å². The van der Waals surface area contributed by atoms with E-state index < -0.39 is 5.92 Å². The third kappa shape index (κ3) is 6.94. The summed E-state index contributed by atoms with van der Waals surface area (Å²) in [6, 6.07) is 0. The molecule has 4 nitrogen and oxygen atoms in total. The largest absolute Gasteiger partial charge is 0.469 e. The molecule has 0 aromatic heterocycles. The molecule has 0 saturated carbocycles. The van der Waals surface area contributed by atoms with Gasteiger partial charge < -0.3 is 9.94 Å². The third-order valence-corrected chi connectivity index (χ3v) is 2.37. The zero-order valence-electron chi connectivity index (χ0n) is 9.61. The second kappa shape index (κ2) is 9.49. The van der Waals surface area contributed by atoms with Crippen molar-refractivity contribution in [2.45, 2.75) is 45.4 Å². The van der Waals surface area contributed by atoms with E-state index in [4.69, 9.17) is 5.21 Å². The number of carbonyl (C=O) groups is 1. The molecule has 0 rings (SSSR count). The van der Waals surface area contributed by atoms with Gasteiger partial charge in [-0.25, -0.2) is 0 Å². The Hall–Kier alpha value is -1.06. The lowest BCUT2D eigenvalue weighted by molar-refractivity contribution is -0.143. The standard InChI is InChI=1S/C11H21NO3/c1-3-4-5-6-7-8-10(9-12-14)11(13)15-2/h9-10,14H,3-8H2,1-2H3/b12-9-. The minimum Gasteiger partial charge on any atom is -0.469 e. The molecular weight excluding hydrogens is 194 g/mol. The normalized spacial score (nSPS) is 12.9. The van der Waals surface area contributed by atoms with Gasteiger partial charge in [-0.2, -0.15) is 0 Å². The van der Waals surface area contributed by atoms with Crippen LogP contribution in [0.25, 0.3) is 0 Å². The Balaban J connectivity index is 3.71. The first kappa shape index (κ1) is 13.9. The highest BCUT2D eigenvalue weighted by atomic mass is 16.5. The summed E-state index contributed by atoms with van der Waals surface area (Å²) in [5.74, 6) is -0.732. The fraction of sp³-hybridized carbons (Fsp3) is 0.818. The summed E-state index contributed by atoms with van der Waals surface area (Å²) in [5.41, 5.74) is 0. The molecule has 0 amide bonds. The highest BCUT2D eigenvalue weighted by molar-refractivity contribution is 5.89. The van der Waals surface area contributed by atoms with Crippen LogP contribution in [0.15, 0.2) is 5.16 Å². The Morgan fingerprint density at radius 2 is 2.07 bits per heavy atom. The van der Waals surface area contributed by atoms with Crippen molar-refractivity contribution in [1.82, 2.24) is 0 Å². The van der Waals surface area contributed by atoms with E-state index in [1.165, 1.54) is 32.6 Å². The van der Waals surface area contributed by atoms with E-state index in [9.17, 15) is 4.79 Å². The quantitative estimate of drug-likeness (QED) is 0.222. The average molecular weight is 215 g/mol. The second-order valence-electron chi connectivity index (χ2n) is 3.60. The van der Waals surface area contributed by atoms with Crippen molar-refractivity contribution in [2.75, 3.05) is 7.11 Å². The van der Waals surface area contributed by atoms with Crippen LogP contribution in [0.2, 0.25) is 0 Å². The highest BCUT2D eigenvalue weighted by Crippen LogP contribution is 2.11. The van der Waals surface area contributed by atoms with Gasteiger partial charge in [0.2, 0.25) is 0 Å². The van der Waals surface area contributed by atoms with Gasteiger partial charge in [0.05, 0.1) is 19.2 Å². The molecule has 1 atom stereocenters. The molecule has 0 aliphatic heterocycles. The van der Waals surface area contributed by atoms with Crippen LogP contribution in [0, 0.1) is 5.92 Å². The predicted molar refractivity (Wildman–Crippen MR) is 59.2 cm³/mol. The number of carbonyl (C=O) groups excluding carboxylic acids is 1. The molecule has 0 bridgehead atoms. The lowest BCUT2D eigenvalue weighted by Gasteiger charge is -2.08. The van der Waals surface area contributed by atoms with E-state index in [2.05, 4.69) is 16.8 Å². The van der Waals surface area contributed by atoms with Crippen molar-refractivity contribution < 1.29 is 14.7 Å². The molecule has 0 fully saturated rings. The van der Waals surface area contributed by atoms with Gasteiger partial charge in [-0.1, -0.05) is 39.0 Å². The van der Waals surface area contributed by atoms with E-state index in [1.54, 1.807) is 0 Å².